The maximum Gasteiger partial charge on any atom is 0.0312 e. The van der Waals surface area contributed by atoms with E-state index in [1.54, 1.807) is 0 Å². The first-order chi connectivity index (χ1) is 9.86. The maximum absolute atomic E-state index is 5.98. The molecule has 0 radical (unpaired) electrons. The van der Waals surface area contributed by atoms with Gasteiger partial charge >= 0.3 is 0 Å². The number of aromatic nitrogens is 1. The predicted octanol–water partition coefficient (Wildman–Crippen LogP) is 2.68. The van der Waals surface area contributed by atoms with Crippen LogP contribution in [0.1, 0.15) is 17.0 Å². The summed E-state index contributed by atoms with van der Waals surface area (Å²) in [6.45, 7) is 3.88. The number of rotatable bonds is 4. The fourth-order valence-electron chi connectivity index (χ4n) is 3.16. The van der Waals surface area contributed by atoms with Crippen LogP contribution in [0.3, 0.4) is 0 Å². The van der Waals surface area contributed by atoms with Crippen molar-refractivity contribution in [1.29, 1.82) is 0 Å². The molecule has 1 aliphatic heterocycles. The summed E-state index contributed by atoms with van der Waals surface area (Å²) in [6, 6.07) is 14.9. The molecule has 1 aromatic heterocycles. The summed E-state index contributed by atoms with van der Waals surface area (Å²) in [7, 11) is 0. The van der Waals surface area contributed by atoms with E-state index in [9.17, 15) is 0 Å². The SMILES string of the molecule is Cl.NC[C@@H]1CN(Cc2cccnc2)C[C@H]1c1ccccc1. The van der Waals surface area contributed by atoms with Gasteiger partial charge in [-0.05, 0) is 29.7 Å². The normalized spacial score (nSPS) is 22.0. The minimum Gasteiger partial charge on any atom is -0.330 e. The van der Waals surface area contributed by atoms with Crippen molar-refractivity contribution in [2.45, 2.75) is 12.5 Å². The van der Waals surface area contributed by atoms with Gasteiger partial charge in [0.2, 0.25) is 0 Å². The lowest BCUT2D eigenvalue weighted by Gasteiger charge is -2.16. The van der Waals surface area contributed by atoms with Gasteiger partial charge in [0, 0.05) is 37.9 Å². The molecule has 0 amide bonds. The Balaban J connectivity index is 0.00000161. The molecule has 3 nitrogen and oxygen atoms in total. The van der Waals surface area contributed by atoms with Crippen LogP contribution in [0.4, 0.5) is 0 Å². The number of pyridine rings is 1. The molecular weight excluding hydrogens is 282 g/mol. The van der Waals surface area contributed by atoms with E-state index >= 15 is 0 Å². The summed E-state index contributed by atoms with van der Waals surface area (Å²) in [6.07, 6.45) is 3.77. The Morgan fingerprint density at radius 1 is 1.10 bits per heavy atom. The van der Waals surface area contributed by atoms with Crippen LogP contribution in [0.15, 0.2) is 54.9 Å². The summed E-state index contributed by atoms with van der Waals surface area (Å²) >= 11 is 0. The molecule has 2 aromatic rings. The van der Waals surface area contributed by atoms with Crippen LogP contribution >= 0.6 is 12.4 Å². The van der Waals surface area contributed by atoms with E-state index in [1.807, 2.05) is 18.5 Å². The molecule has 0 spiro atoms. The highest BCUT2D eigenvalue weighted by Gasteiger charge is 2.32. The van der Waals surface area contributed by atoms with Crippen molar-refractivity contribution in [3.8, 4) is 0 Å². The van der Waals surface area contributed by atoms with Gasteiger partial charge in [0.25, 0.3) is 0 Å². The highest BCUT2D eigenvalue weighted by Crippen LogP contribution is 2.32. The van der Waals surface area contributed by atoms with Gasteiger partial charge in [-0.1, -0.05) is 36.4 Å². The zero-order chi connectivity index (χ0) is 13.8. The molecule has 2 heterocycles. The Morgan fingerprint density at radius 2 is 1.90 bits per heavy atom. The lowest BCUT2D eigenvalue weighted by Crippen LogP contribution is -2.23. The zero-order valence-electron chi connectivity index (χ0n) is 12.1. The second-order valence-electron chi connectivity index (χ2n) is 5.57. The highest BCUT2D eigenvalue weighted by molar-refractivity contribution is 5.85. The Bertz CT molecular complexity index is 532. The Kier molecular flexibility index (Phi) is 5.74. The molecule has 3 rings (SSSR count). The zero-order valence-corrected chi connectivity index (χ0v) is 12.9. The van der Waals surface area contributed by atoms with Crippen molar-refractivity contribution in [3.63, 3.8) is 0 Å². The molecule has 0 aliphatic carbocycles. The second-order valence-corrected chi connectivity index (χ2v) is 5.57. The van der Waals surface area contributed by atoms with Crippen LogP contribution < -0.4 is 5.73 Å². The van der Waals surface area contributed by atoms with Crippen molar-refractivity contribution in [1.82, 2.24) is 9.88 Å². The van der Waals surface area contributed by atoms with Crippen LogP contribution in [0.25, 0.3) is 0 Å². The summed E-state index contributed by atoms with van der Waals surface area (Å²) in [5.74, 6) is 1.10. The van der Waals surface area contributed by atoms with Crippen LogP contribution in [0.5, 0.6) is 0 Å². The van der Waals surface area contributed by atoms with Gasteiger partial charge in [0.15, 0.2) is 0 Å². The van der Waals surface area contributed by atoms with Gasteiger partial charge in [0.05, 0.1) is 0 Å². The van der Waals surface area contributed by atoms with Crippen molar-refractivity contribution >= 4 is 12.4 Å². The molecule has 1 saturated heterocycles. The average molecular weight is 304 g/mol. The molecule has 0 saturated carbocycles. The third-order valence-corrected chi connectivity index (χ3v) is 4.18. The molecule has 2 N–H and O–H groups in total. The quantitative estimate of drug-likeness (QED) is 0.944. The molecule has 4 heteroatoms. The number of halogens is 1. The van der Waals surface area contributed by atoms with E-state index in [2.05, 4.69) is 46.3 Å². The Labute approximate surface area is 132 Å². The Morgan fingerprint density at radius 3 is 2.57 bits per heavy atom. The standard InChI is InChI=1S/C17H21N3.ClH/c18-9-16-12-20(11-14-5-4-8-19-10-14)13-17(16)15-6-2-1-3-7-15;/h1-8,10,16-17H,9,11-13,18H2;1H/t16-,17+;/m1./s1. The molecule has 0 bridgehead atoms. The van der Waals surface area contributed by atoms with E-state index in [0.29, 0.717) is 11.8 Å². The smallest absolute Gasteiger partial charge is 0.0312 e. The number of hydrogen-bond donors (Lipinski definition) is 1. The maximum atomic E-state index is 5.98. The van der Waals surface area contributed by atoms with Gasteiger partial charge in [0.1, 0.15) is 0 Å². The highest BCUT2D eigenvalue weighted by atomic mass is 35.5. The number of likely N-dealkylation sites (tertiary alicyclic amines) is 1. The fraction of sp³-hybridized carbons (Fsp3) is 0.353. The van der Waals surface area contributed by atoms with Crippen LogP contribution in [-0.2, 0) is 6.54 Å². The topological polar surface area (TPSA) is 42.1 Å². The van der Waals surface area contributed by atoms with Gasteiger partial charge in [-0.25, -0.2) is 0 Å². The Hall–Kier alpha value is -1.42. The third kappa shape index (κ3) is 3.82. The average Bonchev–Trinajstić information content (AvgIpc) is 2.92. The number of nitrogens with zero attached hydrogens (tertiary/aromatic N) is 2. The summed E-state index contributed by atoms with van der Waals surface area (Å²) in [5, 5.41) is 0. The molecule has 1 aliphatic rings. The van der Waals surface area contributed by atoms with E-state index in [0.717, 1.165) is 26.2 Å². The summed E-state index contributed by atoms with van der Waals surface area (Å²) < 4.78 is 0. The molecule has 0 unspecified atom stereocenters. The van der Waals surface area contributed by atoms with Crippen molar-refractivity contribution < 1.29 is 0 Å². The third-order valence-electron chi connectivity index (χ3n) is 4.18. The first kappa shape index (κ1) is 16.0. The first-order valence-electron chi connectivity index (χ1n) is 7.23. The molecule has 21 heavy (non-hydrogen) atoms. The summed E-state index contributed by atoms with van der Waals surface area (Å²) in [4.78, 5) is 6.68. The van der Waals surface area contributed by atoms with Crippen molar-refractivity contribution in [3.05, 3.63) is 66.0 Å². The first-order valence-corrected chi connectivity index (χ1v) is 7.23. The van der Waals surface area contributed by atoms with E-state index < -0.39 is 0 Å². The fourth-order valence-corrected chi connectivity index (χ4v) is 3.16. The summed E-state index contributed by atoms with van der Waals surface area (Å²) in [5.41, 5.74) is 8.67. The van der Waals surface area contributed by atoms with Gasteiger partial charge < -0.3 is 5.73 Å². The number of nitrogens with two attached hydrogens (primary N) is 1. The van der Waals surface area contributed by atoms with E-state index in [-0.39, 0.29) is 12.4 Å². The lowest BCUT2D eigenvalue weighted by molar-refractivity contribution is 0.316. The van der Waals surface area contributed by atoms with Crippen LogP contribution in [0.2, 0.25) is 0 Å². The lowest BCUT2D eigenvalue weighted by atomic mass is 9.89. The van der Waals surface area contributed by atoms with Gasteiger partial charge in [-0.2, -0.15) is 0 Å². The molecule has 1 aromatic carbocycles. The second kappa shape index (κ2) is 7.55. The largest absolute Gasteiger partial charge is 0.330 e. The minimum atomic E-state index is 0. The van der Waals surface area contributed by atoms with Crippen molar-refractivity contribution in [2.75, 3.05) is 19.6 Å². The number of benzene rings is 1. The molecule has 2 atom stereocenters. The van der Waals surface area contributed by atoms with Crippen LogP contribution in [-0.4, -0.2) is 29.5 Å². The van der Waals surface area contributed by atoms with E-state index in [4.69, 9.17) is 5.73 Å². The molecule has 1 fully saturated rings. The minimum absolute atomic E-state index is 0. The monoisotopic (exact) mass is 303 g/mol. The van der Waals surface area contributed by atoms with Gasteiger partial charge in [-0.15, -0.1) is 12.4 Å². The van der Waals surface area contributed by atoms with Gasteiger partial charge in [-0.3, -0.25) is 9.88 Å². The van der Waals surface area contributed by atoms with E-state index in [1.165, 1.54) is 11.1 Å². The van der Waals surface area contributed by atoms with Crippen LogP contribution in [0, 0.1) is 5.92 Å². The molecule has 112 valence electrons. The number of hydrogen-bond acceptors (Lipinski definition) is 3. The van der Waals surface area contributed by atoms with Crippen molar-refractivity contribution in [2.24, 2.45) is 11.7 Å². The predicted molar refractivity (Wildman–Crippen MR) is 88.5 cm³/mol. The molecular formula is C17H22ClN3.